The number of hydrogen-bond donors (Lipinski definition) is 0. The lowest BCUT2D eigenvalue weighted by Gasteiger charge is -2.25. The van der Waals surface area contributed by atoms with E-state index in [4.69, 9.17) is 8.94 Å². The maximum absolute atomic E-state index is 13.3. The number of pyridine rings is 1. The predicted octanol–water partition coefficient (Wildman–Crippen LogP) is 3.50. The van der Waals surface area contributed by atoms with Crippen molar-refractivity contribution in [2.24, 2.45) is 0 Å². The molecule has 31 heavy (non-hydrogen) atoms. The van der Waals surface area contributed by atoms with Gasteiger partial charge < -0.3 is 18.7 Å². The Bertz CT molecular complexity index is 1150. The van der Waals surface area contributed by atoms with Crippen LogP contribution in [0.1, 0.15) is 27.6 Å². The Kier molecular flexibility index (Phi) is 5.79. The fraction of sp³-hybridized carbons (Fsp3) is 0.400. The number of likely N-dealkylation sites (N-methyl/N-ethyl adjacent to an activating group) is 1. The Balaban J connectivity index is 2.15. The van der Waals surface area contributed by atoms with Crippen LogP contribution >= 0.6 is 0 Å². The molecule has 0 aliphatic carbocycles. The molecule has 166 valence electrons. The minimum Gasteiger partial charge on any atom is -0.466 e. The summed E-state index contributed by atoms with van der Waals surface area (Å²) in [5, 5.41) is 3.99. The van der Waals surface area contributed by atoms with Crippen molar-refractivity contribution >= 4 is 22.9 Å². The standard InChI is InChI=1S/C20H21F3N4O4/c1-10-6-13(12(3)30-10)15-7-14(17-11(2)25-31-18(17)24-15)19(29)27(9-20(21,22)23)8-16(28)26(4)5/h6-7H,8-9H2,1-5H3. The van der Waals surface area contributed by atoms with E-state index in [2.05, 4.69) is 10.1 Å². The fourth-order valence-electron chi connectivity index (χ4n) is 3.18. The van der Waals surface area contributed by atoms with E-state index in [1.54, 1.807) is 26.8 Å². The monoisotopic (exact) mass is 438 g/mol. The molecule has 0 bridgehead atoms. The van der Waals surface area contributed by atoms with Gasteiger partial charge in [-0.15, -0.1) is 0 Å². The van der Waals surface area contributed by atoms with Crippen molar-refractivity contribution in [2.75, 3.05) is 27.2 Å². The van der Waals surface area contributed by atoms with Crippen LogP contribution in [0.3, 0.4) is 0 Å². The average molecular weight is 438 g/mol. The molecule has 11 heteroatoms. The highest BCUT2D eigenvalue weighted by atomic mass is 19.4. The highest BCUT2D eigenvalue weighted by Crippen LogP contribution is 2.31. The quantitative estimate of drug-likeness (QED) is 0.605. The molecular weight excluding hydrogens is 417 g/mol. The second kappa shape index (κ2) is 8.05. The van der Waals surface area contributed by atoms with E-state index in [0.29, 0.717) is 27.7 Å². The first-order valence-electron chi connectivity index (χ1n) is 9.28. The minimum atomic E-state index is -4.70. The fourth-order valence-corrected chi connectivity index (χ4v) is 3.18. The summed E-state index contributed by atoms with van der Waals surface area (Å²) in [5.41, 5.74) is 1.06. The van der Waals surface area contributed by atoms with Crippen molar-refractivity contribution in [3.05, 3.63) is 34.9 Å². The molecule has 0 aliphatic heterocycles. The molecule has 0 unspecified atom stereocenters. The third-order valence-electron chi connectivity index (χ3n) is 4.65. The minimum absolute atomic E-state index is 0.00231. The molecule has 0 saturated carbocycles. The van der Waals surface area contributed by atoms with Gasteiger partial charge in [-0.05, 0) is 32.9 Å². The van der Waals surface area contributed by atoms with E-state index < -0.39 is 31.1 Å². The lowest BCUT2D eigenvalue weighted by atomic mass is 10.0. The molecule has 0 saturated heterocycles. The van der Waals surface area contributed by atoms with Crippen LogP contribution in [-0.4, -0.2) is 65.1 Å². The van der Waals surface area contributed by atoms with Gasteiger partial charge in [0.05, 0.1) is 22.3 Å². The lowest BCUT2D eigenvalue weighted by molar-refractivity contribution is -0.146. The van der Waals surface area contributed by atoms with Gasteiger partial charge in [-0.3, -0.25) is 9.59 Å². The molecule has 0 fully saturated rings. The number of halogens is 3. The number of carbonyl (C=O) groups excluding carboxylic acids is 2. The zero-order chi connectivity index (χ0) is 23.1. The number of rotatable bonds is 5. The van der Waals surface area contributed by atoms with Crippen LogP contribution in [0.2, 0.25) is 0 Å². The molecule has 0 radical (unpaired) electrons. The molecule has 2 amide bonds. The Labute approximate surface area is 175 Å². The van der Waals surface area contributed by atoms with Gasteiger partial charge in [0.2, 0.25) is 5.91 Å². The number of alkyl halides is 3. The molecule has 3 aromatic heterocycles. The Morgan fingerprint density at radius 1 is 1.13 bits per heavy atom. The smallest absolute Gasteiger partial charge is 0.406 e. The molecule has 0 aliphatic rings. The first-order chi connectivity index (χ1) is 14.4. The number of aromatic nitrogens is 2. The van der Waals surface area contributed by atoms with Gasteiger partial charge in [-0.25, -0.2) is 4.98 Å². The molecule has 3 rings (SSSR count). The predicted molar refractivity (Wildman–Crippen MR) is 104 cm³/mol. The van der Waals surface area contributed by atoms with Crippen LogP contribution in [0, 0.1) is 20.8 Å². The zero-order valence-corrected chi connectivity index (χ0v) is 17.6. The van der Waals surface area contributed by atoms with Crippen LogP contribution < -0.4 is 0 Å². The topological polar surface area (TPSA) is 92.7 Å². The van der Waals surface area contributed by atoms with Crippen molar-refractivity contribution in [3.8, 4) is 11.3 Å². The summed E-state index contributed by atoms with van der Waals surface area (Å²) in [6, 6.07) is 3.07. The molecule has 0 N–H and O–H groups in total. The van der Waals surface area contributed by atoms with Crippen LogP contribution in [0.5, 0.6) is 0 Å². The first kappa shape index (κ1) is 22.3. The molecule has 3 aromatic rings. The van der Waals surface area contributed by atoms with Crippen molar-refractivity contribution in [3.63, 3.8) is 0 Å². The number of aryl methyl sites for hydroxylation is 3. The zero-order valence-electron chi connectivity index (χ0n) is 17.6. The van der Waals surface area contributed by atoms with Crippen LogP contribution in [0.15, 0.2) is 21.1 Å². The summed E-state index contributed by atoms with van der Waals surface area (Å²) in [6.45, 7) is 2.67. The number of fused-ring (bicyclic) bond motifs is 1. The summed E-state index contributed by atoms with van der Waals surface area (Å²) in [5.74, 6) is -0.503. The molecule has 0 spiro atoms. The number of carbonyl (C=O) groups is 2. The van der Waals surface area contributed by atoms with Gasteiger partial charge in [0.25, 0.3) is 11.6 Å². The largest absolute Gasteiger partial charge is 0.466 e. The van der Waals surface area contributed by atoms with Gasteiger partial charge >= 0.3 is 6.18 Å². The highest BCUT2D eigenvalue weighted by molar-refractivity contribution is 6.07. The van der Waals surface area contributed by atoms with Crippen molar-refractivity contribution in [2.45, 2.75) is 26.9 Å². The van der Waals surface area contributed by atoms with Gasteiger partial charge in [0.15, 0.2) is 0 Å². The normalized spacial score (nSPS) is 11.7. The third-order valence-corrected chi connectivity index (χ3v) is 4.65. The number of furan rings is 1. The van der Waals surface area contributed by atoms with E-state index in [1.165, 1.54) is 20.2 Å². The van der Waals surface area contributed by atoms with E-state index in [1.807, 2.05) is 0 Å². The maximum Gasteiger partial charge on any atom is 0.406 e. The summed E-state index contributed by atoms with van der Waals surface area (Å²) < 4.78 is 50.3. The SMILES string of the molecule is Cc1cc(-c2cc(C(=O)N(CC(=O)N(C)C)CC(F)(F)F)c3c(C)noc3n2)c(C)o1. The van der Waals surface area contributed by atoms with Gasteiger partial charge in [-0.1, -0.05) is 5.16 Å². The molecular formula is C20H21F3N4O4. The Morgan fingerprint density at radius 2 is 1.81 bits per heavy atom. The highest BCUT2D eigenvalue weighted by Gasteiger charge is 2.36. The van der Waals surface area contributed by atoms with Crippen LogP contribution in [0.25, 0.3) is 22.4 Å². The van der Waals surface area contributed by atoms with E-state index in [9.17, 15) is 22.8 Å². The van der Waals surface area contributed by atoms with Crippen LogP contribution in [0.4, 0.5) is 13.2 Å². The summed E-state index contributed by atoms with van der Waals surface area (Å²) in [7, 11) is 2.80. The average Bonchev–Trinajstić information content (AvgIpc) is 3.20. The number of amides is 2. The van der Waals surface area contributed by atoms with E-state index >= 15 is 0 Å². The van der Waals surface area contributed by atoms with Crippen molar-refractivity contribution in [1.82, 2.24) is 19.9 Å². The molecule has 8 nitrogen and oxygen atoms in total. The second-order valence-corrected chi connectivity index (χ2v) is 7.39. The Morgan fingerprint density at radius 3 is 2.35 bits per heavy atom. The van der Waals surface area contributed by atoms with E-state index in [-0.39, 0.29) is 22.4 Å². The van der Waals surface area contributed by atoms with Gasteiger partial charge in [0.1, 0.15) is 24.6 Å². The number of hydrogen-bond acceptors (Lipinski definition) is 6. The van der Waals surface area contributed by atoms with Gasteiger partial charge in [-0.2, -0.15) is 13.2 Å². The number of nitrogens with zero attached hydrogens (tertiary/aromatic N) is 4. The van der Waals surface area contributed by atoms with Crippen molar-refractivity contribution < 1.29 is 31.7 Å². The summed E-state index contributed by atoms with van der Waals surface area (Å²) >= 11 is 0. The molecule has 3 heterocycles. The maximum atomic E-state index is 13.3. The van der Waals surface area contributed by atoms with Gasteiger partial charge in [0, 0.05) is 19.7 Å². The Hall–Kier alpha value is -3.37. The molecule has 0 aromatic carbocycles. The molecule has 0 atom stereocenters. The van der Waals surface area contributed by atoms with E-state index in [0.717, 1.165) is 4.90 Å². The van der Waals surface area contributed by atoms with Crippen molar-refractivity contribution in [1.29, 1.82) is 0 Å². The summed E-state index contributed by atoms with van der Waals surface area (Å²) in [6.07, 6.45) is -4.70. The second-order valence-electron chi connectivity index (χ2n) is 7.39. The first-order valence-corrected chi connectivity index (χ1v) is 9.28. The summed E-state index contributed by atoms with van der Waals surface area (Å²) in [4.78, 5) is 31.3. The van der Waals surface area contributed by atoms with Crippen LogP contribution in [-0.2, 0) is 4.79 Å². The lowest BCUT2D eigenvalue weighted by Crippen LogP contribution is -2.45. The third kappa shape index (κ3) is 4.70.